The Balaban J connectivity index is 2.13. The number of hydrogen-bond donors (Lipinski definition) is 1. The fourth-order valence-corrected chi connectivity index (χ4v) is 1.74. The van der Waals surface area contributed by atoms with Crippen molar-refractivity contribution in [3.63, 3.8) is 0 Å². The summed E-state index contributed by atoms with van der Waals surface area (Å²) in [6.45, 7) is 6.91. The zero-order chi connectivity index (χ0) is 11.5. The molecule has 1 N–H and O–H groups in total. The summed E-state index contributed by atoms with van der Waals surface area (Å²) in [4.78, 5) is 8.44. The van der Waals surface area contributed by atoms with E-state index in [1.165, 1.54) is 0 Å². The highest BCUT2D eigenvalue weighted by atomic mass is 35.5. The van der Waals surface area contributed by atoms with Gasteiger partial charge in [0.25, 0.3) is 0 Å². The summed E-state index contributed by atoms with van der Waals surface area (Å²) in [5.41, 5.74) is 4.12. The Bertz CT molecular complexity index is 379. The van der Waals surface area contributed by atoms with Crippen LogP contribution >= 0.6 is 11.6 Å². The molecule has 88 valence electrons. The smallest absolute Gasteiger partial charge is 0.148 e. The summed E-state index contributed by atoms with van der Waals surface area (Å²) in [6.07, 6.45) is 0. The van der Waals surface area contributed by atoms with Gasteiger partial charge in [0.1, 0.15) is 16.8 Å². The standard InChI is InChI=1S/C10H15ClN4O/c1-7-9(11)12-8(2)13-10(7)14-15-3-5-16-6-4-15/h3-6H2,1-2H3,(H,12,13,14). The average Bonchev–Trinajstić information content (AvgIpc) is 2.27. The third-order valence-electron chi connectivity index (χ3n) is 2.47. The number of hydrazine groups is 1. The van der Waals surface area contributed by atoms with E-state index in [0.717, 1.165) is 37.7 Å². The van der Waals surface area contributed by atoms with E-state index in [1.54, 1.807) is 0 Å². The maximum absolute atomic E-state index is 6.00. The Morgan fingerprint density at radius 2 is 1.94 bits per heavy atom. The number of anilines is 1. The van der Waals surface area contributed by atoms with Crippen LogP contribution in [-0.4, -0.2) is 41.3 Å². The molecule has 0 radical (unpaired) electrons. The van der Waals surface area contributed by atoms with E-state index in [1.807, 2.05) is 13.8 Å². The summed E-state index contributed by atoms with van der Waals surface area (Å²) in [5.74, 6) is 1.45. The molecule has 0 atom stereocenters. The van der Waals surface area contributed by atoms with E-state index in [2.05, 4.69) is 20.4 Å². The Morgan fingerprint density at radius 1 is 1.25 bits per heavy atom. The number of ether oxygens (including phenoxy) is 1. The molecule has 2 heterocycles. The van der Waals surface area contributed by atoms with Gasteiger partial charge >= 0.3 is 0 Å². The molecular weight excluding hydrogens is 228 g/mol. The summed E-state index contributed by atoms with van der Waals surface area (Å²) < 4.78 is 5.27. The van der Waals surface area contributed by atoms with Crippen LogP contribution in [0.5, 0.6) is 0 Å². The highest BCUT2D eigenvalue weighted by molar-refractivity contribution is 6.30. The number of nitrogens with zero attached hydrogens (tertiary/aromatic N) is 3. The quantitative estimate of drug-likeness (QED) is 0.795. The first-order valence-corrected chi connectivity index (χ1v) is 5.64. The SMILES string of the molecule is Cc1nc(Cl)c(C)c(NN2CCOCC2)n1. The van der Waals surface area contributed by atoms with Crippen molar-refractivity contribution >= 4 is 17.4 Å². The Morgan fingerprint density at radius 3 is 2.62 bits per heavy atom. The number of morpholine rings is 1. The zero-order valence-corrected chi connectivity index (χ0v) is 10.2. The van der Waals surface area contributed by atoms with Crippen molar-refractivity contribution < 1.29 is 4.74 Å². The Labute approximate surface area is 99.8 Å². The van der Waals surface area contributed by atoms with Crippen LogP contribution in [0.1, 0.15) is 11.4 Å². The summed E-state index contributed by atoms with van der Waals surface area (Å²) in [7, 11) is 0. The van der Waals surface area contributed by atoms with Gasteiger partial charge in [0.05, 0.1) is 13.2 Å². The van der Waals surface area contributed by atoms with Gasteiger partial charge in [0.15, 0.2) is 0 Å². The Hall–Kier alpha value is -0.910. The molecule has 0 aromatic carbocycles. The van der Waals surface area contributed by atoms with Gasteiger partial charge < -0.3 is 10.2 Å². The average molecular weight is 243 g/mol. The van der Waals surface area contributed by atoms with Gasteiger partial charge in [-0.3, -0.25) is 0 Å². The van der Waals surface area contributed by atoms with E-state index in [0.29, 0.717) is 11.0 Å². The summed E-state index contributed by atoms with van der Waals surface area (Å²) >= 11 is 6.00. The van der Waals surface area contributed by atoms with Crippen molar-refractivity contribution in [3.8, 4) is 0 Å². The van der Waals surface area contributed by atoms with Gasteiger partial charge in [-0.25, -0.2) is 15.0 Å². The normalized spacial score (nSPS) is 17.4. The van der Waals surface area contributed by atoms with Crippen molar-refractivity contribution in [1.29, 1.82) is 0 Å². The first kappa shape index (κ1) is 11.6. The fourth-order valence-electron chi connectivity index (χ4n) is 1.53. The summed E-state index contributed by atoms with van der Waals surface area (Å²) in [5, 5.41) is 2.58. The molecule has 1 aromatic rings. The van der Waals surface area contributed by atoms with Gasteiger partial charge in [-0.2, -0.15) is 0 Å². The highest BCUT2D eigenvalue weighted by Crippen LogP contribution is 2.20. The number of aromatic nitrogens is 2. The minimum absolute atomic E-state index is 0.503. The van der Waals surface area contributed by atoms with Crippen LogP contribution in [-0.2, 0) is 4.74 Å². The predicted octanol–water partition coefficient (Wildman–Crippen LogP) is 1.41. The van der Waals surface area contributed by atoms with E-state index in [9.17, 15) is 0 Å². The number of rotatable bonds is 2. The molecule has 0 bridgehead atoms. The van der Waals surface area contributed by atoms with E-state index >= 15 is 0 Å². The number of aryl methyl sites for hydroxylation is 1. The van der Waals surface area contributed by atoms with Gasteiger partial charge in [-0.05, 0) is 13.8 Å². The third-order valence-corrected chi connectivity index (χ3v) is 2.84. The molecule has 16 heavy (non-hydrogen) atoms. The van der Waals surface area contributed by atoms with Crippen LogP contribution < -0.4 is 5.43 Å². The molecule has 1 aromatic heterocycles. The van der Waals surface area contributed by atoms with Crippen LogP contribution in [0.4, 0.5) is 5.82 Å². The van der Waals surface area contributed by atoms with Crippen molar-refractivity contribution in [2.24, 2.45) is 0 Å². The van der Waals surface area contributed by atoms with Crippen LogP contribution in [0, 0.1) is 13.8 Å². The molecule has 1 fully saturated rings. The molecule has 0 aliphatic carbocycles. The molecule has 6 heteroatoms. The minimum atomic E-state index is 0.503. The van der Waals surface area contributed by atoms with Crippen molar-refractivity contribution in [2.45, 2.75) is 13.8 Å². The predicted molar refractivity (Wildman–Crippen MR) is 62.5 cm³/mol. The van der Waals surface area contributed by atoms with Gasteiger partial charge in [-0.1, -0.05) is 11.6 Å². The zero-order valence-electron chi connectivity index (χ0n) is 9.46. The molecular formula is C10H15ClN4O. The lowest BCUT2D eigenvalue weighted by Crippen LogP contribution is -2.40. The maximum Gasteiger partial charge on any atom is 0.148 e. The summed E-state index contributed by atoms with van der Waals surface area (Å²) in [6, 6.07) is 0. The molecule has 2 rings (SSSR count). The van der Waals surface area contributed by atoms with Crippen LogP contribution in [0.15, 0.2) is 0 Å². The van der Waals surface area contributed by atoms with Crippen LogP contribution in [0.3, 0.4) is 0 Å². The van der Waals surface area contributed by atoms with Crippen LogP contribution in [0.2, 0.25) is 5.15 Å². The molecule has 0 spiro atoms. The first-order chi connectivity index (χ1) is 7.66. The number of halogens is 1. The van der Waals surface area contributed by atoms with Gasteiger partial charge in [0, 0.05) is 18.7 Å². The largest absolute Gasteiger partial charge is 0.379 e. The van der Waals surface area contributed by atoms with E-state index in [4.69, 9.17) is 16.3 Å². The lowest BCUT2D eigenvalue weighted by molar-refractivity contribution is 0.0494. The van der Waals surface area contributed by atoms with E-state index in [-0.39, 0.29) is 0 Å². The third kappa shape index (κ3) is 2.61. The van der Waals surface area contributed by atoms with Crippen molar-refractivity contribution in [1.82, 2.24) is 15.0 Å². The fraction of sp³-hybridized carbons (Fsp3) is 0.600. The lowest BCUT2D eigenvalue weighted by Gasteiger charge is -2.28. The second-order valence-corrected chi connectivity index (χ2v) is 4.10. The number of nitrogens with one attached hydrogen (secondary N) is 1. The molecule has 0 amide bonds. The highest BCUT2D eigenvalue weighted by Gasteiger charge is 2.13. The molecule has 0 unspecified atom stereocenters. The Kier molecular flexibility index (Phi) is 3.58. The molecule has 1 saturated heterocycles. The first-order valence-electron chi connectivity index (χ1n) is 5.27. The van der Waals surface area contributed by atoms with Crippen LogP contribution in [0.25, 0.3) is 0 Å². The van der Waals surface area contributed by atoms with Crippen molar-refractivity contribution in [3.05, 3.63) is 16.5 Å². The maximum atomic E-state index is 6.00. The molecule has 0 saturated carbocycles. The van der Waals surface area contributed by atoms with Crippen molar-refractivity contribution in [2.75, 3.05) is 31.7 Å². The lowest BCUT2D eigenvalue weighted by atomic mass is 10.3. The van der Waals surface area contributed by atoms with E-state index < -0.39 is 0 Å². The second kappa shape index (κ2) is 4.95. The monoisotopic (exact) mass is 242 g/mol. The topological polar surface area (TPSA) is 50.3 Å². The number of hydrogen-bond acceptors (Lipinski definition) is 5. The molecule has 5 nitrogen and oxygen atoms in total. The van der Waals surface area contributed by atoms with Gasteiger partial charge in [-0.15, -0.1) is 0 Å². The van der Waals surface area contributed by atoms with Gasteiger partial charge in [0.2, 0.25) is 0 Å². The molecule has 1 aliphatic rings. The minimum Gasteiger partial charge on any atom is -0.379 e. The molecule has 1 aliphatic heterocycles. The second-order valence-electron chi connectivity index (χ2n) is 3.75.